The summed E-state index contributed by atoms with van der Waals surface area (Å²) >= 11 is 0. The largest absolute Gasteiger partial charge is 0.487 e. The number of ether oxygens (including phenoxy) is 1. The van der Waals surface area contributed by atoms with Crippen LogP contribution in [0.25, 0.3) is 22.3 Å². The minimum Gasteiger partial charge on any atom is -0.487 e. The second-order valence-electron chi connectivity index (χ2n) is 4.93. The van der Waals surface area contributed by atoms with Crippen LogP contribution < -0.4 is 10.1 Å². The average Bonchev–Trinajstić information content (AvgIpc) is 3.08. The van der Waals surface area contributed by atoms with Gasteiger partial charge in [0.2, 0.25) is 0 Å². The fourth-order valence-electron chi connectivity index (χ4n) is 2.59. The van der Waals surface area contributed by atoms with E-state index in [1.165, 1.54) is 0 Å². The van der Waals surface area contributed by atoms with Crippen LogP contribution in [0.1, 0.15) is 5.69 Å². The summed E-state index contributed by atoms with van der Waals surface area (Å²) in [7, 11) is 1.86. The first-order chi connectivity index (χ1) is 10.3. The van der Waals surface area contributed by atoms with Gasteiger partial charge in [-0.15, -0.1) is 0 Å². The van der Waals surface area contributed by atoms with Gasteiger partial charge in [0.05, 0.1) is 11.9 Å². The lowest BCUT2D eigenvalue weighted by molar-refractivity contribution is 0.297. The molecule has 21 heavy (non-hydrogen) atoms. The van der Waals surface area contributed by atoms with E-state index in [1.807, 2.05) is 19.3 Å². The summed E-state index contributed by atoms with van der Waals surface area (Å²) in [6.45, 7) is 0.493. The Morgan fingerprint density at radius 3 is 2.86 bits per heavy atom. The lowest BCUT2D eigenvalue weighted by Gasteiger charge is -2.21. The first-order valence-corrected chi connectivity index (χ1v) is 6.79. The number of pyridine rings is 1. The Labute approximate surface area is 122 Å². The fraction of sp³-hybridized carbons (Fsp3) is 0.125. The van der Waals surface area contributed by atoms with Crippen molar-refractivity contribution in [2.45, 2.75) is 6.61 Å². The molecule has 3 aromatic rings. The second-order valence-corrected chi connectivity index (χ2v) is 4.93. The van der Waals surface area contributed by atoms with Crippen LogP contribution in [0.15, 0.2) is 42.7 Å². The summed E-state index contributed by atoms with van der Waals surface area (Å²) in [6.07, 6.45) is 3.68. The molecule has 0 spiro atoms. The first kappa shape index (κ1) is 12.0. The van der Waals surface area contributed by atoms with Gasteiger partial charge in [0.25, 0.3) is 0 Å². The lowest BCUT2D eigenvalue weighted by Crippen LogP contribution is -2.09. The van der Waals surface area contributed by atoms with E-state index in [0.29, 0.717) is 6.61 Å². The van der Waals surface area contributed by atoms with Crippen molar-refractivity contribution in [2.75, 3.05) is 12.4 Å². The molecule has 1 aliphatic heterocycles. The average molecular weight is 278 g/mol. The zero-order chi connectivity index (χ0) is 14.2. The van der Waals surface area contributed by atoms with Crippen molar-refractivity contribution in [3.63, 3.8) is 0 Å². The second kappa shape index (κ2) is 4.63. The van der Waals surface area contributed by atoms with Crippen LogP contribution in [0, 0.1) is 0 Å². The molecular weight excluding hydrogens is 264 g/mol. The standard InChI is InChI=1S/C16H14N4O/c1-17-16-5-4-12-13-3-2-10(11-7-18-19-8-11)6-15(13)21-9-14(12)20-16/h2-8H,9H2,1H3,(H,17,20)(H,18,19). The normalized spacial score (nSPS) is 12.2. The van der Waals surface area contributed by atoms with E-state index in [0.717, 1.165) is 39.5 Å². The first-order valence-electron chi connectivity index (χ1n) is 6.79. The molecule has 5 heteroatoms. The van der Waals surface area contributed by atoms with Crippen molar-refractivity contribution in [3.05, 3.63) is 48.4 Å². The van der Waals surface area contributed by atoms with Gasteiger partial charge in [0, 0.05) is 29.9 Å². The molecule has 0 bridgehead atoms. The van der Waals surface area contributed by atoms with Crippen LogP contribution in [0.5, 0.6) is 5.75 Å². The van der Waals surface area contributed by atoms with Crippen molar-refractivity contribution >= 4 is 5.82 Å². The molecule has 0 unspecified atom stereocenters. The Kier molecular flexibility index (Phi) is 2.64. The molecular formula is C16H14N4O. The van der Waals surface area contributed by atoms with Crippen molar-refractivity contribution in [2.24, 2.45) is 0 Å². The minimum absolute atomic E-state index is 0.493. The number of nitrogens with one attached hydrogen (secondary N) is 2. The zero-order valence-corrected chi connectivity index (χ0v) is 11.6. The monoisotopic (exact) mass is 278 g/mol. The van der Waals surface area contributed by atoms with Gasteiger partial charge < -0.3 is 10.1 Å². The maximum absolute atomic E-state index is 5.87. The Hall–Kier alpha value is -2.82. The van der Waals surface area contributed by atoms with Crippen LogP contribution in [-0.2, 0) is 6.61 Å². The van der Waals surface area contributed by atoms with E-state index < -0.39 is 0 Å². The number of nitrogens with zero attached hydrogens (tertiary/aromatic N) is 2. The third-order valence-electron chi connectivity index (χ3n) is 3.70. The highest BCUT2D eigenvalue weighted by atomic mass is 16.5. The molecule has 2 aromatic heterocycles. The number of benzene rings is 1. The number of aromatic nitrogens is 3. The molecule has 104 valence electrons. The number of anilines is 1. The van der Waals surface area contributed by atoms with Gasteiger partial charge in [-0.1, -0.05) is 6.07 Å². The third-order valence-corrected chi connectivity index (χ3v) is 3.70. The molecule has 0 saturated heterocycles. The number of hydrogen-bond donors (Lipinski definition) is 2. The number of H-pyrrole nitrogens is 1. The van der Waals surface area contributed by atoms with E-state index in [9.17, 15) is 0 Å². The Morgan fingerprint density at radius 2 is 2.05 bits per heavy atom. The van der Waals surface area contributed by atoms with Crippen molar-refractivity contribution in [3.8, 4) is 28.0 Å². The van der Waals surface area contributed by atoms with Gasteiger partial charge in [-0.2, -0.15) is 5.10 Å². The van der Waals surface area contributed by atoms with Gasteiger partial charge in [-0.3, -0.25) is 5.10 Å². The summed E-state index contributed by atoms with van der Waals surface area (Å²) in [6, 6.07) is 10.3. The van der Waals surface area contributed by atoms with E-state index in [2.05, 4.69) is 44.8 Å². The maximum Gasteiger partial charge on any atom is 0.131 e. The van der Waals surface area contributed by atoms with Crippen LogP contribution in [0.3, 0.4) is 0 Å². The number of hydrogen-bond acceptors (Lipinski definition) is 4. The summed E-state index contributed by atoms with van der Waals surface area (Å²) in [5, 5.41) is 9.86. The van der Waals surface area contributed by atoms with Crippen LogP contribution in [-0.4, -0.2) is 22.2 Å². The van der Waals surface area contributed by atoms with Gasteiger partial charge in [-0.25, -0.2) is 4.98 Å². The Bertz CT molecular complexity index is 796. The quantitative estimate of drug-likeness (QED) is 0.756. The molecule has 3 heterocycles. The summed E-state index contributed by atoms with van der Waals surface area (Å²) < 4.78 is 5.87. The Morgan fingerprint density at radius 1 is 1.14 bits per heavy atom. The van der Waals surface area contributed by atoms with Gasteiger partial charge in [0.1, 0.15) is 18.2 Å². The molecule has 5 nitrogen and oxygen atoms in total. The molecule has 0 amide bonds. The molecule has 0 aliphatic carbocycles. The third kappa shape index (κ3) is 1.94. The SMILES string of the molecule is CNc1ccc2c(n1)COc1cc(-c3cn[nH]c3)ccc1-2. The minimum atomic E-state index is 0.493. The highest BCUT2D eigenvalue weighted by Crippen LogP contribution is 2.39. The molecule has 0 fully saturated rings. The maximum atomic E-state index is 5.87. The number of rotatable bonds is 2. The fourth-order valence-corrected chi connectivity index (χ4v) is 2.59. The topological polar surface area (TPSA) is 62.8 Å². The van der Waals surface area contributed by atoms with Crippen molar-refractivity contribution < 1.29 is 4.74 Å². The van der Waals surface area contributed by atoms with Crippen LogP contribution >= 0.6 is 0 Å². The molecule has 4 rings (SSSR count). The molecule has 0 atom stereocenters. The smallest absolute Gasteiger partial charge is 0.131 e. The van der Waals surface area contributed by atoms with Crippen LogP contribution in [0.4, 0.5) is 5.82 Å². The van der Waals surface area contributed by atoms with E-state index in [4.69, 9.17) is 4.74 Å². The van der Waals surface area contributed by atoms with Gasteiger partial charge >= 0.3 is 0 Å². The highest BCUT2D eigenvalue weighted by molar-refractivity contribution is 5.78. The predicted octanol–water partition coefficient (Wildman–Crippen LogP) is 3.07. The number of fused-ring (bicyclic) bond motifs is 3. The molecule has 0 saturated carbocycles. The summed E-state index contributed by atoms with van der Waals surface area (Å²) in [5.74, 6) is 1.75. The van der Waals surface area contributed by atoms with Gasteiger partial charge in [-0.05, 0) is 29.8 Å². The van der Waals surface area contributed by atoms with E-state index in [1.54, 1.807) is 6.20 Å². The molecule has 1 aromatic carbocycles. The van der Waals surface area contributed by atoms with E-state index >= 15 is 0 Å². The highest BCUT2D eigenvalue weighted by Gasteiger charge is 2.19. The van der Waals surface area contributed by atoms with Crippen molar-refractivity contribution in [1.82, 2.24) is 15.2 Å². The molecule has 2 N–H and O–H groups in total. The Balaban J connectivity index is 1.81. The van der Waals surface area contributed by atoms with E-state index in [-0.39, 0.29) is 0 Å². The molecule has 0 radical (unpaired) electrons. The predicted molar refractivity (Wildman–Crippen MR) is 81.1 cm³/mol. The summed E-state index contributed by atoms with van der Waals surface area (Å²) in [5.41, 5.74) is 5.32. The molecule has 1 aliphatic rings. The van der Waals surface area contributed by atoms with Crippen LogP contribution in [0.2, 0.25) is 0 Å². The number of aromatic amines is 1. The van der Waals surface area contributed by atoms with Gasteiger partial charge in [0.15, 0.2) is 0 Å². The zero-order valence-electron chi connectivity index (χ0n) is 11.6. The lowest BCUT2D eigenvalue weighted by atomic mass is 9.98. The van der Waals surface area contributed by atoms with Crippen molar-refractivity contribution in [1.29, 1.82) is 0 Å². The summed E-state index contributed by atoms with van der Waals surface area (Å²) in [4.78, 5) is 4.55.